The first-order valence-electron chi connectivity index (χ1n) is 7.03. The Bertz CT molecular complexity index is 659. The molecule has 23 heavy (non-hydrogen) atoms. The molecule has 0 fully saturated rings. The molecule has 122 valence electrons. The summed E-state index contributed by atoms with van der Waals surface area (Å²) in [5.41, 5.74) is 1.22. The van der Waals surface area contributed by atoms with Crippen LogP contribution in [0.2, 0.25) is 5.02 Å². The number of thioether (sulfide) groups is 1. The van der Waals surface area contributed by atoms with Gasteiger partial charge in [0.25, 0.3) is 0 Å². The minimum Gasteiger partial charge on any atom is -0.349 e. The number of carbonyl (C=O) groups excluding carboxylic acids is 1. The van der Waals surface area contributed by atoms with Crippen molar-refractivity contribution < 1.29 is 13.6 Å². The van der Waals surface area contributed by atoms with Crippen molar-refractivity contribution in [1.82, 2.24) is 5.32 Å². The Morgan fingerprint density at radius 1 is 1.22 bits per heavy atom. The van der Waals surface area contributed by atoms with E-state index in [1.54, 1.807) is 24.3 Å². The average Bonchev–Trinajstić information content (AvgIpc) is 2.51. The van der Waals surface area contributed by atoms with Crippen LogP contribution in [0.1, 0.15) is 24.1 Å². The fourth-order valence-corrected chi connectivity index (χ4v) is 3.21. The van der Waals surface area contributed by atoms with E-state index in [0.29, 0.717) is 16.3 Å². The summed E-state index contributed by atoms with van der Waals surface area (Å²) >= 11 is 7.22. The van der Waals surface area contributed by atoms with Crippen molar-refractivity contribution >= 4 is 29.3 Å². The van der Waals surface area contributed by atoms with Gasteiger partial charge in [-0.15, -0.1) is 11.8 Å². The van der Waals surface area contributed by atoms with Crippen molar-refractivity contribution in [3.05, 3.63) is 70.2 Å². The molecule has 0 saturated heterocycles. The molecule has 6 heteroatoms. The molecule has 0 aliphatic heterocycles. The number of rotatable bonds is 6. The van der Waals surface area contributed by atoms with E-state index < -0.39 is 0 Å². The van der Waals surface area contributed by atoms with Crippen molar-refractivity contribution in [2.45, 2.75) is 18.7 Å². The molecule has 0 radical (unpaired) electrons. The molecule has 1 unspecified atom stereocenters. The molecule has 2 aromatic carbocycles. The maximum atomic E-state index is 13.6. The fourth-order valence-electron chi connectivity index (χ4n) is 2.03. The molecule has 2 nitrogen and oxygen atoms in total. The lowest BCUT2D eigenvalue weighted by atomic mass is 10.1. The Hall–Kier alpha value is -1.59. The summed E-state index contributed by atoms with van der Waals surface area (Å²) in [7, 11) is 0. The second kappa shape index (κ2) is 8.31. The van der Waals surface area contributed by atoms with Crippen LogP contribution in [0.25, 0.3) is 0 Å². The first kappa shape index (κ1) is 17.8. The molecule has 0 heterocycles. The summed E-state index contributed by atoms with van der Waals surface area (Å²) in [4.78, 5) is 11.9. The number of hydrogen-bond donors (Lipinski definition) is 1. The first-order chi connectivity index (χ1) is 11.0. The zero-order valence-electron chi connectivity index (χ0n) is 12.5. The van der Waals surface area contributed by atoms with Crippen LogP contribution in [0.5, 0.6) is 0 Å². The molecule has 0 aliphatic carbocycles. The van der Waals surface area contributed by atoms with E-state index in [-0.39, 0.29) is 29.3 Å². The Morgan fingerprint density at radius 2 is 1.91 bits per heavy atom. The summed E-state index contributed by atoms with van der Waals surface area (Å²) < 4.78 is 26.5. The van der Waals surface area contributed by atoms with Gasteiger partial charge in [0.05, 0.1) is 11.8 Å². The summed E-state index contributed by atoms with van der Waals surface area (Å²) in [6.07, 6.45) is 0. The topological polar surface area (TPSA) is 29.1 Å². The predicted molar refractivity (Wildman–Crippen MR) is 90.5 cm³/mol. The largest absolute Gasteiger partial charge is 0.349 e. The van der Waals surface area contributed by atoms with Gasteiger partial charge in [-0.1, -0.05) is 29.8 Å². The average molecular weight is 356 g/mol. The molecule has 0 spiro atoms. The van der Waals surface area contributed by atoms with Crippen molar-refractivity contribution in [2.75, 3.05) is 5.75 Å². The molecule has 0 saturated carbocycles. The van der Waals surface area contributed by atoms with Crippen molar-refractivity contribution in [3.63, 3.8) is 0 Å². The molecule has 2 aromatic rings. The van der Waals surface area contributed by atoms with Crippen molar-refractivity contribution in [2.24, 2.45) is 0 Å². The molecule has 0 aliphatic rings. The third kappa shape index (κ3) is 5.22. The van der Waals surface area contributed by atoms with Crippen LogP contribution < -0.4 is 5.32 Å². The SMILES string of the molecule is CC(NC(=O)CSCc1c(F)cccc1Cl)c1ccc(F)cc1. The van der Waals surface area contributed by atoms with Gasteiger partial charge in [0.1, 0.15) is 11.6 Å². The van der Waals surface area contributed by atoms with Gasteiger partial charge < -0.3 is 5.32 Å². The maximum Gasteiger partial charge on any atom is 0.230 e. The molecule has 1 amide bonds. The monoisotopic (exact) mass is 355 g/mol. The first-order valence-corrected chi connectivity index (χ1v) is 8.56. The third-order valence-corrected chi connectivity index (χ3v) is 4.60. The highest BCUT2D eigenvalue weighted by molar-refractivity contribution is 7.99. The van der Waals surface area contributed by atoms with Gasteiger partial charge in [-0.05, 0) is 36.8 Å². The smallest absolute Gasteiger partial charge is 0.230 e. The molecule has 0 aromatic heterocycles. The van der Waals surface area contributed by atoms with Crippen LogP contribution in [-0.2, 0) is 10.5 Å². The second-order valence-electron chi connectivity index (χ2n) is 5.03. The Labute approximate surface area is 143 Å². The van der Waals surface area contributed by atoms with Crippen LogP contribution in [-0.4, -0.2) is 11.7 Å². The number of benzene rings is 2. The van der Waals surface area contributed by atoms with Gasteiger partial charge >= 0.3 is 0 Å². The van der Waals surface area contributed by atoms with Crippen LogP contribution in [0.4, 0.5) is 8.78 Å². The fraction of sp³-hybridized carbons (Fsp3) is 0.235. The summed E-state index contributed by atoms with van der Waals surface area (Å²) in [5, 5.41) is 3.18. The number of carbonyl (C=O) groups is 1. The molecule has 1 atom stereocenters. The van der Waals surface area contributed by atoms with E-state index in [0.717, 1.165) is 5.56 Å². The zero-order valence-corrected chi connectivity index (χ0v) is 14.1. The highest BCUT2D eigenvalue weighted by Gasteiger charge is 2.11. The minimum atomic E-state index is -0.370. The van der Waals surface area contributed by atoms with E-state index in [2.05, 4.69) is 5.32 Å². The van der Waals surface area contributed by atoms with Gasteiger partial charge in [-0.2, -0.15) is 0 Å². The van der Waals surface area contributed by atoms with Gasteiger partial charge in [-0.3, -0.25) is 4.79 Å². The number of halogens is 3. The van der Waals surface area contributed by atoms with E-state index in [1.807, 2.05) is 6.92 Å². The predicted octanol–water partition coefficient (Wildman–Crippen LogP) is 4.73. The Morgan fingerprint density at radius 3 is 2.57 bits per heavy atom. The van der Waals surface area contributed by atoms with E-state index >= 15 is 0 Å². The number of amides is 1. The van der Waals surface area contributed by atoms with Gasteiger partial charge in [-0.25, -0.2) is 8.78 Å². The van der Waals surface area contributed by atoms with E-state index in [1.165, 1.54) is 30.0 Å². The Kier molecular flexibility index (Phi) is 6.42. The van der Waals surface area contributed by atoms with Gasteiger partial charge in [0, 0.05) is 16.3 Å². The lowest BCUT2D eigenvalue weighted by Gasteiger charge is -2.14. The second-order valence-corrected chi connectivity index (χ2v) is 6.43. The highest BCUT2D eigenvalue weighted by atomic mass is 35.5. The lowest BCUT2D eigenvalue weighted by molar-refractivity contribution is -0.119. The molecular formula is C17H16ClF2NOS. The summed E-state index contributed by atoms with van der Waals surface area (Å²) in [6.45, 7) is 1.82. The highest BCUT2D eigenvalue weighted by Crippen LogP contribution is 2.24. The van der Waals surface area contributed by atoms with E-state index in [9.17, 15) is 13.6 Å². The number of nitrogens with one attached hydrogen (secondary N) is 1. The lowest BCUT2D eigenvalue weighted by Crippen LogP contribution is -2.28. The molecule has 1 N–H and O–H groups in total. The Balaban J connectivity index is 1.82. The van der Waals surface area contributed by atoms with Crippen LogP contribution in [0, 0.1) is 11.6 Å². The van der Waals surface area contributed by atoms with Crippen LogP contribution in [0.15, 0.2) is 42.5 Å². The summed E-state index contributed by atoms with van der Waals surface area (Å²) in [5.74, 6) is -0.339. The number of hydrogen-bond acceptors (Lipinski definition) is 2. The summed E-state index contributed by atoms with van der Waals surface area (Å²) in [6, 6.07) is 10.3. The molecule has 2 rings (SSSR count). The van der Waals surface area contributed by atoms with Gasteiger partial charge in [0.2, 0.25) is 5.91 Å². The molecule has 0 bridgehead atoms. The van der Waals surface area contributed by atoms with Crippen molar-refractivity contribution in [1.29, 1.82) is 0 Å². The quantitative estimate of drug-likeness (QED) is 0.811. The molecular weight excluding hydrogens is 340 g/mol. The normalized spacial score (nSPS) is 12.0. The third-order valence-electron chi connectivity index (χ3n) is 3.29. The zero-order chi connectivity index (χ0) is 16.8. The van der Waals surface area contributed by atoms with Crippen molar-refractivity contribution in [3.8, 4) is 0 Å². The van der Waals surface area contributed by atoms with Gasteiger partial charge in [0.15, 0.2) is 0 Å². The minimum absolute atomic E-state index is 0.167. The maximum absolute atomic E-state index is 13.6. The van der Waals surface area contributed by atoms with Crippen LogP contribution in [0.3, 0.4) is 0 Å². The van der Waals surface area contributed by atoms with Crippen LogP contribution >= 0.6 is 23.4 Å². The van der Waals surface area contributed by atoms with E-state index in [4.69, 9.17) is 11.6 Å². The standard InChI is InChI=1S/C17H16ClF2NOS/c1-11(12-5-7-13(19)8-6-12)21-17(22)10-23-9-14-15(18)3-2-4-16(14)20/h2-8,11H,9-10H2,1H3,(H,21,22).